The molecule has 1 unspecified atom stereocenters. The molecule has 0 aromatic heterocycles. The van der Waals surface area contributed by atoms with E-state index in [1.165, 1.54) is 6.07 Å². The van der Waals surface area contributed by atoms with Gasteiger partial charge in [0.25, 0.3) is 0 Å². The van der Waals surface area contributed by atoms with Gasteiger partial charge in [0.05, 0.1) is 17.3 Å². The van der Waals surface area contributed by atoms with Crippen LogP contribution in [0.1, 0.15) is 38.2 Å². The lowest BCUT2D eigenvalue weighted by Crippen LogP contribution is -2.11. The number of hydrogen-bond acceptors (Lipinski definition) is 3. The molecular weight excluding hydrogens is 259 g/mol. The first-order valence-corrected chi connectivity index (χ1v) is 6.72. The van der Waals surface area contributed by atoms with Gasteiger partial charge in [-0.25, -0.2) is 4.39 Å². The van der Waals surface area contributed by atoms with E-state index >= 15 is 0 Å². The minimum absolute atomic E-state index is 0.170. The van der Waals surface area contributed by atoms with E-state index in [0.29, 0.717) is 30.1 Å². The number of benzene rings is 1. The summed E-state index contributed by atoms with van der Waals surface area (Å²) in [5.74, 6) is -0.905. The van der Waals surface area contributed by atoms with E-state index in [-0.39, 0.29) is 6.42 Å². The molecule has 0 heterocycles. The van der Waals surface area contributed by atoms with Crippen LogP contribution in [0.25, 0.3) is 0 Å². The van der Waals surface area contributed by atoms with Crippen molar-refractivity contribution in [2.24, 2.45) is 5.92 Å². The number of hydrogen-bond donors (Lipinski definition) is 2. The quantitative estimate of drug-likeness (QED) is 0.764. The molecule has 0 aliphatic heterocycles. The normalized spacial score (nSPS) is 11.7. The summed E-state index contributed by atoms with van der Waals surface area (Å²) in [5.41, 5.74) is 0.665. The van der Waals surface area contributed by atoms with E-state index in [1.807, 2.05) is 13.0 Å². The SMILES string of the molecule is CCC(CCNc1ccc(C#N)cc1F)CCC(=O)O. The van der Waals surface area contributed by atoms with Crippen molar-refractivity contribution < 1.29 is 14.3 Å². The molecule has 0 bridgehead atoms. The predicted octanol–water partition coefficient (Wildman–Crippen LogP) is 3.39. The standard InChI is InChI=1S/C15H19FN2O2/c1-2-11(4-6-15(19)20)7-8-18-14-5-3-12(10-17)9-13(14)16/h3,5,9,11,18H,2,4,6-8H2,1H3,(H,19,20). The molecule has 0 aliphatic carbocycles. The molecule has 20 heavy (non-hydrogen) atoms. The van der Waals surface area contributed by atoms with Crippen molar-refractivity contribution in [3.63, 3.8) is 0 Å². The molecular formula is C15H19FN2O2. The first kappa shape index (κ1) is 16.0. The van der Waals surface area contributed by atoms with Crippen LogP contribution in [-0.2, 0) is 4.79 Å². The van der Waals surface area contributed by atoms with Crippen molar-refractivity contribution in [3.8, 4) is 6.07 Å². The zero-order chi connectivity index (χ0) is 15.0. The molecule has 1 rings (SSSR count). The fraction of sp³-hybridized carbons (Fsp3) is 0.467. The Morgan fingerprint density at radius 3 is 2.80 bits per heavy atom. The topological polar surface area (TPSA) is 73.1 Å². The summed E-state index contributed by atoms with van der Waals surface area (Å²) in [6, 6.07) is 6.19. The highest BCUT2D eigenvalue weighted by atomic mass is 19.1. The van der Waals surface area contributed by atoms with Crippen molar-refractivity contribution in [2.75, 3.05) is 11.9 Å². The van der Waals surface area contributed by atoms with Crippen molar-refractivity contribution in [3.05, 3.63) is 29.6 Å². The van der Waals surface area contributed by atoms with E-state index in [2.05, 4.69) is 5.32 Å². The molecule has 1 aromatic carbocycles. The molecule has 5 heteroatoms. The fourth-order valence-corrected chi connectivity index (χ4v) is 2.02. The Kier molecular flexibility index (Phi) is 6.51. The van der Waals surface area contributed by atoms with E-state index in [1.54, 1.807) is 12.1 Å². The van der Waals surface area contributed by atoms with Crippen LogP contribution in [0.15, 0.2) is 18.2 Å². The van der Waals surface area contributed by atoms with E-state index < -0.39 is 11.8 Å². The maximum atomic E-state index is 13.6. The molecule has 4 nitrogen and oxygen atoms in total. The van der Waals surface area contributed by atoms with Crippen LogP contribution in [0.5, 0.6) is 0 Å². The fourth-order valence-electron chi connectivity index (χ4n) is 2.02. The zero-order valence-electron chi connectivity index (χ0n) is 11.5. The highest BCUT2D eigenvalue weighted by molar-refractivity contribution is 5.66. The van der Waals surface area contributed by atoms with Gasteiger partial charge < -0.3 is 10.4 Å². The lowest BCUT2D eigenvalue weighted by molar-refractivity contribution is -0.137. The van der Waals surface area contributed by atoms with E-state index in [9.17, 15) is 9.18 Å². The van der Waals surface area contributed by atoms with E-state index in [0.717, 1.165) is 12.8 Å². The third kappa shape index (κ3) is 5.27. The van der Waals surface area contributed by atoms with Gasteiger partial charge in [-0.2, -0.15) is 5.26 Å². The van der Waals surface area contributed by atoms with Gasteiger partial charge in [-0.15, -0.1) is 0 Å². The zero-order valence-corrected chi connectivity index (χ0v) is 11.5. The third-order valence-electron chi connectivity index (χ3n) is 3.31. The Morgan fingerprint density at radius 1 is 1.50 bits per heavy atom. The van der Waals surface area contributed by atoms with Crippen LogP contribution in [0.3, 0.4) is 0 Å². The molecule has 1 atom stereocenters. The number of aliphatic carboxylic acids is 1. The van der Waals surface area contributed by atoms with Gasteiger partial charge in [-0.1, -0.05) is 13.3 Å². The minimum Gasteiger partial charge on any atom is -0.481 e. The van der Waals surface area contributed by atoms with Crippen molar-refractivity contribution in [1.82, 2.24) is 0 Å². The summed E-state index contributed by atoms with van der Waals surface area (Å²) < 4.78 is 13.6. The monoisotopic (exact) mass is 278 g/mol. The molecule has 0 aliphatic rings. The number of nitriles is 1. The first-order valence-electron chi connectivity index (χ1n) is 6.72. The summed E-state index contributed by atoms with van der Waals surface area (Å²) in [5, 5.41) is 20.3. The van der Waals surface area contributed by atoms with Gasteiger partial charge in [-0.3, -0.25) is 4.79 Å². The van der Waals surface area contributed by atoms with Crippen LogP contribution in [0.4, 0.5) is 10.1 Å². The number of nitrogens with zero attached hydrogens (tertiary/aromatic N) is 1. The minimum atomic E-state index is -0.783. The number of halogens is 1. The Labute approximate surface area is 118 Å². The lowest BCUT2D eigenvalue weighted by Gasteiger charge is -2.15. The summed E-state index contributed by atoms with van der Waals surface area (Å²) in [7, 11) is 0. The first-order chi connectivity index (χ1) is 9.56. The van der Waals surface area contributed by atoms with Gasteiger partial charge in [0.2, 0.25) is 0 Å². The molecule has 0 radical (unpaired) electrons. The number of nitrogens with one attached hydrogen (secondary N) is 1. The third-order valence-corrected chi connectivity index (χ3v) is 3.31. The molecule has 0 saturated carbocycles. The van der Waals surface area contributed by atoms with Gasteiger partial charge >= 0.3 is 5.97 Å². The molecule has 0 fully saturated rings. The average molecular weight is 278 g/mol. The second-order valence-corrected chi connectivity index (χ2v) is 4.73. The highest BCUT2D eigenvalue weighted by Crippen LogP contribution is 2.18. The van der Waals surface area contributed by atoms with Crippen LogP contribution >= 0.6 is 0 Å². The second-order valence-electron chi connectivity index (χ2n) is 4.73. The molecule has 108 valence electrons. The van der Waals surface area contributed by atoms with Crippen LogP contribution in [-0.4, -0.2) is 17.6 Å². The number of carboxylic acids is 1. The predicted molar refractivity (Wildman–Crippen MR) is 74.9 cm³/mol. The lowest BCUT2D eigenvalue weighted by atomic mass is 9.96. The van der Waals surface area contributed by atoms with Crippen molar-refractivity contribution in [1.29, 1.82) is 5.26 Å². The van der Waals surface area contributed by atoms with Gasteiger partial charge in [0, 0.05) is 13.0 Å². The van der Waals surface area contributed by atoms with Crippen molar-refractivity contribution in [2.45, 2.75) is 32.6 Å². The summed E-state index contributed by atoms with van der Waals surface area (Å²) in [6.07, 6.45) is 2.52. The number of carbonyl (C=O) groups is 1. The van der Waals surface area contributed by atoms with Crippen LogP contribution < -0.4 is 5.32 Å². The number of carboxylic acid groups (broad SMARTS) is 1. The Bertz CT molecular complexity index is 497. The molecule has 1 aromatic rings. The number of anilines is 1. The molecule has 0 amide bonds. The Hall–Kier alpha value is -2.09. The van der Waals surface area contributed by atoms with Gasteiger partial charge in [-0.05, 0) is 37.0 Å². The maximum absolute atomic E-state index is 13.6. The van der Waals surface area contributed by atoms with Gasteiger partial charge in [0.1, 0.15) is 5.82 Å². The average Bonchev–Trinajstić information content (AvgIpc) is 2.43. The number of rotatable bonds is 8. The smallest absolute Gasteiger partial charge is 0.303 e. The summed E-state index contributed by atoms with van der Waals surface area (Å²) in [4.78, 5) is 10.5. The summed E-state index contributed by atoms with van der Waals surface area (Å²) in [6.45, 7) is 2.61. The second kappa shape index (κ2) is 8.16. The molecule has 0 saturated heterocycles. The Balaban J connectivity index is 2.43. The van der Waals surface area contributed by atoms with Crippen LogP contribution in [0.2, 0.25) is 0 Å². The van der Waals surface area contributed by atoms with Crippen molar-refractivity contribution >= 4 is 11.7 Å². The van der Waals surface area contributed by atoms with Crippen LogP contribution in [0, 0.1) is 23.1 Å². The largest absolute Gasteiger partial charge is 0.481 e. The Morgan fingerprint density at radius 2 is 2.25 bits per heavy atom. The maximum Gasteiger partial charge on any atom is 0.303 e. The molecule has 2 N–H and O–H groups in total. The highest BCUT2D eigenvalue weighted by Gasteiger charge is 2.09. The summed E-state index contributed by atoms with van der Waals surface area (Å²) >= 11 is 0. The van der Waals surface area contributed by atoms with E-state index in [4.69, 9.17) is 10.4 Å². The van der Waals surface area contributed by atoms with Gasteiger partial charge in [0.15, 0.2) is 0 Å². The molecule has 0 spiro atoms.